The first-order valence-electron chi connectivity index (χ1n) is 6.08. The lowest BCUT2D eigenvalue weighted by molar-refractivity contribution is -0.380. The minimum Gasteiger partial charge on any atom is -0.350 e. The van der Waals surface area contributed by atoms with Crippen LogP contribution in [0.3, 0.4) is 0 Å². The summed E-state index contributed by atoms with van der Waals surface area (Å²) in [5.41, 5.74) is 0. The fourth-order valence-electron chi connectivity index (χ4n) is 1.90. The summed E-state index contributed by atoms with van der Waals surface area (Å²) in [6, 6.07) is 3.29. The lowest BCUT2D eigenvalue weighted by atomic mass is 10.1. The summed E-state index contributed by atoms with van der Waals surface area (Å²) in [5, 5.41) is 16.8. The van der Waals surface area contributed by atoms with Crippen molar-refractivity contribution in [3.8, 4) is 0 Å². The topological polar surface area (TPSA) is 84.3 Å². The third-order valence-corrected chi connectivity index (χ3v) is 3.88. The van der Waals surface area contributed by atoms with Crippen molar-refractivity contribution in [3.63, 3.8) is 0 Å². The Morgan fingerprint density at radius 3 is 2.84 bits per heavy atom. The molecule has 19 heavy (non-hydrogen) atoms. The molecule has 1 fully saturated rings. The second-order valence-corrected chi connectivity index (χ2v) is 5.39. The van der Waals surface area contributed by atoms with E-state index in [2.05, 4.69) is 10.6 Å². The molecule has 2 heterocycles. The van der Waals surface area contributed by atoms with Gasteiger partial charge in [-0.3, -0.25) is 14.9 Å². The molecule has 2 N–H and O–H groups in total. The van der Waals surface area contributed by atoms with Crippen LogP contribution in [-0.2, 0) is 4.79 Å². The normalized spacial score (nSPS) is 16.6. The number of carbonyl (C=O) groups is 1. The average Bonchev–Trinajstić information content (AvgIpc) is 2.86. The highest BCUT2D eigenvalue weighted by Crippen LogP contribution is 2.24. The molecule has 0 atom stereocenters. The van der Waals surface area contributed by atoms with E-state index in [1.54, 1.807) is 12.1 Å². The van der Waals surface area contributed by atoms with Gasteiger partial charge < -0.3 is 10.6 Å². The Hall–Kier alpha value is -1.73. The van der Waals surface area contributed by atoms with Crippen LogP contribution >= 0.6 is 11.3 Å². The van der Waals surface area contributed by atoms with Crippen molar-refractivity contribution in [2.24, 2.45) is 0 Å². The van der Waals surface area contributed by atoms with Crippen LogP contribution in [0.1, 0.15) is 17.7 Å². The van der Waals surface area contributed by atoms with Crippen LogP contribution in [0.5, 0.6) is 0 Å². The standard InChI is InChI=1S/C12H15N3O3S/c16-11(14-9-5-7-13-8-6-9)3-1-10-2-4-12(19-10)15(17)18/h1-4,9,13H,5-8H2,(H,14,16)/b3-1+. The molecular weight excluding hydrogens is 266 g/mol. The van der Waals surface area contributed by atoms with Gasteiger partial charge in [-0.15, -0.1) is 0 Å². The van der Waals surface area contributed by atoms with Gasteiger partial charge in [-0.05, 0) is 38.1 Å². The van der Waals surface area contributed by atoms with Gasteiger partial charge in [-0.25, -0.2) is 0 Å². The van der Waals surface area contributed by atoms with E-state index in [9.17, 15) is 14.9 Å². The van der Waals surface area contributed by atoms with Crippen molar-refractivity contribution < 1.29 is 9.72 Å². The molecule has 0 aromatic carbocycles. The Balaban J connectivity index is 1.86. The number of rotatable bonds is 4. The summed E-state index contributed by atoms with van der Waals surface area (Å²) in [6.45, 7) is 1.84. The number of hydrogen-bond acceptors (Lipinski definition) is 5. The molecule has 1 saturated heterocycles. The quantitative estimate of drug-likeness (QED) is 0.498. The van der Waals surface area contributed by atoms with Gasteiger partial charge in [0.1, 0.15) is 0 Å². The molecular formula is C12H15N3O3S. The van der Waals surface area contributed by atoms with Crippen molar-refractivity contribution in [1.82, 2.24) is 10.6 Å². The second kappa shape index (κ2) is 6.44. The van der Waals surface area contributed by atoms with Gasteiger partial charge >= 0.3 is 5.00 Å². The molecule has 0 bridgehead atoms. The SMILES string of the molecule is O=C(/C=C/c1ccc([N+](=O)[O-])s1)NC1CCNCC1. The highest BCUT2D eigenvalue weighted by atomic mass is 32.1. The van der Waals surface area contributed by atoms with E-state index in [-0.39, 0.29) is 17.0 Å². The fourth-order valence-corrected chi connectivity index (χ4v) is 2.63. The van der Waals surface area contributed by atoms with Gasteiger partial charge in [0, 0.05) is 23.1 Å². The third-order valence-electron chi connectivity index (χ3n) is 2.88. The minimum absolute atomic E-state index is 0.0819. The molecule has 7 heteroatoms. The average molecular weight is 281 g/mol. The van der Waals surface area contributed by atoms with Crippen LogP contribution < -0.4 is 10.6 Å². The number of piperidine rings is 1. The summed E-state index contributed by atoms with van der Waals surface area (Å²) < 4.78 is 0. The second-order valence-electron chi connectivity index (χ2n) is 4.30. The monoisotopic (exact) mass is 281 g/mol. The third kappa shape index (κ3) is 4.15. The predicted octanol–water partition coefficient (Wildman–Crippen LogP) is 1.54. The van der Waals surface area contributed by atoms with E-state index >= 15 is 0 Å². The highest BCUT2D eigenvalue weighted by Gasteiger charge is 2.14. The zero-order valence-corrected chi connectivity index (χ0v) is 11.1. The lowest BCUT2D eigenvalue weighted by Crippen LogP contribution is -2.42. The number of carbonyl (C=O) groups excluding carboxylic acids is 1. The molecule has 0 spiro atoms. The zero-order valence-electron chi connectivity index (χ0n) is 10.3. The Morgan fingerprint density at radius 1 is 1.47 bits per heavy atom. The minimum atomic E-state index is -0.433. The van der Waals surface area contributed by atoms with Crippen LogP contribution in [0, 0.1) is 10.1 Å². The summed E-state index contributed by atoms with van der Waals surface area (Å²) in [4.78, 5) is 22.5. The summed E-state index contributed by atoms with van der Waals surface area (Å²) >= 11 is 1.05. The molecule has 0 saturated carbocycles. The van der Waals surface area contributed by atoms with Gasteiger partial charge in [-0.2, -0.15) is 0 Å². The number of thiophene rings is 1. The van der Waals surface area contributed by atoms with Crippen molar-refractivity contribution in [2.45, 2.75) is 18.9 Å². The first-order chi connectivity index (χ1) is 9.15. The molecule has 1 aliphatic heterocycles. The molecule has 0 aliphatic carbocycles. The largest absolute Gasteiger partial charge is 0.350 e. The zero-order chi connectivity index (χ0) is 13.7. The van der Waals surface area contributed by atoms with Crippen LogP contribution in [-0.4, -0.2) is 30.0 Å². The Kier molecular flexibility index (Phi) is 4.64. The van der Waals surface area contributed by atoms with E-state index in [0.29, 0.717) is 4.88 Å². The molecule has 1 amide bonds. The fraction of sp³-hybridized carbons (Fsp3) is 0.417. The van der Waals surface area contributed by atoms with Gasteiger partial charge in [0.05, 0.1) is 4.92 Å². The smallest absolute Gasteiger partial charge is 0.324 e. The van der Waals surface area contributed by atoms with Crippen LogP contribution in [0.4, 0.5) is 5.00 Å². The van der Waals surface area contributed by atoms with E-state index in [1.165, 1.54) is 12.1 Å². The van der Waals surface area contributed by atoms with Gasteiger partial charge in [0.2, 0.25) is 5.91 Å². The molecule has 0 unspecified atom stereocenters. The molecule has 0 radical (unpaired) electrons. The van der Waals surface area contributed by atoms with E-state index < -0.39 is 4.92 Å². The number of nitrogens with one attached hydrogen (secondary N) is 2. The van der Waals surface area contributed by atoms with Gasteiger partial charge in [-0.1, -0.05) is 11.3 Å². The van der Waals surface area contributed by atoms with E-state index in [1.807, 2.05) is 0 Å². The van der Waals surface area contributed by atoms with Gasteiger partial charge in [0.25, 0.3) is 0 Å². The molecule has 102 valence electrons. The maximum Gasteiger partial charge on any atom is 0.324 e. The number of amides is 1. The summed E-state index contributed by atoms with van der Waals surface area (Å²) in [5.74, 6) is -0.150. The number of hydrogen-bond donors (Lipinski definition) is 2. The van der Waals surface area contributed by atoms with E-state index in [4.69, 9.17) is 0 Å². The van der Waals surface area contributed by atoms with E-state index in [0.717, 1.165) is 37.3 Å². The molecule has 6 nitrogen and oxygen atoms in total. The molecule has 2 rings (SSSR count). The van der Waals surface area contributed by atoms with Crippen molar-refractivity contribution in [1.29, 1.82) is 0 Å². The Bertz CT molecular complexity index is 492. The van der Waals surface area contributed by atoms with Crippen LogP contribution in [0.2, 0.25) is 0 Å². The molecule has 1 aromatic heterocycles. The lowest BCUT2D eigenvalue weighted by Gasteiger charge is -2.22. The van der Waals surface area contributed by atoms with Crippen LogP contribution in [0.25, 0.3) is 6.08 Å². The van der Waals surface area contributed by atoms with Crippen LogP contribution in [0.15, 0.2) is 18.2 Å². The maximum absolute atomic E-state index is 11.7. The highest BCUT2D eigenvalue weighted by molar-refractivity contribution is 7.16. The Morgan fingerprint density at radius 2 is 2.21 bits per heavy atom. The van der Waals surface area contributed by atoms with Crippen molar-refractivity contribution in [2.75, 3.05) is 13.1 Å². The molecule has 1 aromatic rings. The van der Waals surface area contributed by atoms with Gasteiger partial charge in [0.15, 0.2) is 0 Å². The summed E-state index contributed by atoms with van der Waals surface area (Å²) in [6.07, 6.45) is 4.90. The molecule has 1 aliphatic rings. The Labute approximate surface area is 114 Å². The number of nitro groups is 1. The maximum atomic E-state index is 11.7. The van der Waals surface area contributed by atoms with Crippen molar-refractivity contribution >= 4 is 28.3 Å². The summed E-state index contributed by atoms with van der Waals surface area (Å²) in [7, 11) is 0. The van der Waals surface area contributed by atoms with Crippen molar-refractivity contribution in [3.05, 3.63) is 33.2 Å². The first kappa shape index (κ1) is 13.7. The number of nitrogens with zero attached hydrogens (tertiary/aromatic N) is 1. The first-order valence-corrected chi connectivity index (χ1v) is 6.90. The predicted molar refractivity (Wildman–Crippen MR) is 74.0 cm³/mol.